The van der Waals surface area contributed by atoms with Gasteiger partial charge in [0.1, 0.15) is 17.9 Å². The molecule has 0 bridgehead atoms. The Labute approximate surface area is 165 Å². The molecule has 150 valence electrons. The van der Waals surface area contributed by atoms with Gasteiger partial charge in [-0.15, -0.1) is 0 Å². The van der Waals surface area contributed by atoms with Crippen LogP contribution in [0.5, 0.6) is 0 Å². The number of imidazole rings is 1. The first-order valence-electron chi connectivity index (χ1n) is 9.39. The van der Waals surface area contributed by atoms with Gasteiger partial charge in [-0.05, 0) is 44.4 Å². The molecule has 1 aromatic carbocycles. The van der Waals surface area contributed by atoms with Crippen molar-refractivity contribution < 1.29 is 13.2 Å². The first-order valence-corrected chi connectivity index (χ1v) is 11.0. The number of ether oxygens (including phenoxy) is 1. The average molecular weight is 403 g/mol. The summed E-state index contributed by atoms with van der Waals surface area (Å²) in [6.45, 7) is 5.52. The number of fused-ring (bicyclic) bond motifs is 1. The summed E-state index contributed by atoms with van der Waals surface area (Å²) in [5, 5.41) is 0. The van der Waals surface area contributed by atoms with Crippen LogP contribution < -0.4 is 5.73 Å². The van der Waals surface area contributed by atoms with Gasteiger partial charge in [0.25, 0.3) is 0 Å². The summed E-state index contributed by atoms with van der Waals surface area (Å²) in [5.41, 5.74) is 8.60. The topological polar surface area (TPSA) is 100 Å². The summed E-state index contributed by atoms with van der Waals surface area (Å²) in [6.07, 6.45) is 3.00. The van der Waals surface area contributed by atoms with Gasteiger partial charge < -0.3 is 15.0 Å². The number of hydrogen-bond acceptors (Lipinski definition) is 6. The lowest BCUT2D eigenvalue weighted by Gasteiger charge is -2.11. The van der Waals surface area contributed by atoms with E-state index >= 15 is 0 Å². The zero-order valence-electron chi connectivity index (χ0n) is 16.3. The molecule has 2 heterocycles. The highest BCUT2D eigenvalue weighted by Crippen LogP contribution is 2.25. The largest absolute Gasteiger partial charge is 0.382 e. The maximum atomic E-state index is 12.4. The molecule has 0 saturated heterocycles. The minimum atomic E-state index is -3.26. The van der Waals surface area contributed by atoms with Crippen molar-refractivity contribution in [3.05, 3.63) is 47.9 Å². The van der Waals surface area contributed by atoms with E-state index in [4.69, 9.17) is 10.5 Å². The fourth-order valence-electron chi connectivity index (χ4n) is 3.22. The van der Waals surface area contributed by atoms with Crippen molar-refractivity contribution in [2.45, 2.75) is 44.7 Å². The Morgan fingerprint density at radius 2 is 1.93 bits per heavy atom. The van der Waals surface area contributed by atoms with Crippen LogP contribution in [-0.4, -0.2) is 35.3 Å². The van der Waals surface area contributed by atoms with Gasteiger partial charge in [0.2, 0.25) is 0 Å². The van der Waals surface area contributed by atoms with Gasteiger partial charge in [-0.3, -0.25) is 0 Å². The van der Waals surface area contributed by atoms with Crippen molar-refractivity contribution >= 4 is 26.7 Å². The first-order chi connectivity index (χ1) is 13.4. The van der Waals surface area contributed by atoms with Gasteiger partial charge in [0, 0.05) is 19.3 Å². The molecule has 2 N–H and O–H groups in total. The number of hydrogen-bond donors (Lipinski definition) is 1. The second kappa shape index (κ2) is 8.70. The summed E-state index contributed by atoms with van der Waals surface area (Å²) < 4.78 is 32.5. The van der Waals surface area contributed by atoms with Crippen LogP contribution in [0.2, 0.25) is 0 Å². The van der Waals surface area contributed by atoms with E-state index in [-0.39, 0.29) is 5.75 Å². The fourth-order valence-corrected chi connectivity index (χ4v) is 4.61. The molecular weight excluding hydrogens is 376 g/mol. The third-order valence-electron chi connectivity index (χ3n) is 4.64. The van der Waals surface area contributed by atoms with E-state index < -0.39 is 9.84 Å². The average Bonchev–Trinajstić information content (AvgIpc) is 3.07. The Balaban J connectivity index is 1.75. The van der Waals surface area contributed by atoms with Crippen molar-refractivity contribution in [2.75, 3.05) is 18.1 Å². The van der Waals surface area contributed by atoms with Crippen LogP contribution in [0.1, 0.15) is 31.2 Å². The molecule has 0 atom stereocenters. The summed E-state index contributed by atoms with van der Waals surface area (Å²) >= 11 is 0. The molecule has 8 heteroatoms. The molecular formula is C20H26N4O3S. The second-order valence-corrected chi connectivity index (χ2v) is 8.79. The lowest BCUT2D eigenvalue weighted by molar-refractivity contribution is 0.126. The van der Waals surface area contributed by atoms with Gasteiger partial charge in [-0.25, -0.2) is 18.4 Å². The Morgan fingerprint density at radius 3 is 2.64 bits per heavy atom. The summed E-state index contributed by atoms with van der Waals surface area (Å²) in [6, 6.07) is 8.57. The van der Waals surface area contributed by atoms with E-state index in [1.54, 1.807) is 30.5 Å². The number of benzene rings is 1. The molecule has 2 aromatic heterocycles. The van der Waals surface area contributed by atoms with E-state index in [9.17, 15) is 8.42 Å². The van der Waals surface area contributed by atoms with Gasteiger partial charge >= 0.3 is 0 Å². The normalized spacial score (nSPS) is 11.9. The zero-order valence-corrected chi connectivity index (χ0v) is 17.1. The first kappa shape index (κ1) is 20.3. The predicted octanol–water partition coefficient (Wildman–Crippen LogP) is 3.11. The second-order valence-electron chi connectivity index (χ2n) is 6.68. The number of nitrogens with two attached hydrogens (primary N) is 1. The maximum absolute atomic E-state index is 12.4. The number of aromatic nitrogens is 3. The molecule has 3 rings (SSSR count). The third-order valence-corrected chi connectivity index (χ3v) is 6.46. The van der Waals surface area contributed by atoms with Crippen LogP contribution in [-0.2, 0) is 27.7 Å². The lowest BCUT2D eigenvalue weighted by atomic mass is 10.2. The Bertz CT molecular complexity index is 1050. The Kier molecular flexibility index (Phi) is 6.31. The minimum Gasteiger partial charge on any atom is -0.382 e. The molecule has 0 radical (unpaired) electrons. The van der Waals surface area contributed by atoms with E-state index in [1.807, 2.05) is 19.9 Å². The SMILES string of the molecule is CCOCc1nc2c(N)ncc(C)c2n1CCCCS(=O)(=O)c1ccccc1. The van der Waals surface area contributed by atoms with Gasteiger partial charge in [0.15, 0.2) is 15.7 Å². The molecule has 0 aliphatic heterocycles. The van der Waals surface area contributed by atoms with Gasteiger partial charge in [0.05, 0.1) is 16.2 Å². The number of unbranched alkanes of at least 4 members (excludes halogenated alkanes) is 1. The Hall–Kier alpha value is -2.45. The predicted molar refractivity (Wildman–Crippen MR) is 110 cm³/mol. The van der Waals surface area contributed by atoms with Crippen LogP contribution in [0.15, 0.2) is 41.4 Å². The molecule has 0 aliphatic rings. The number of anilines is 1. The van der Waals surface area contributed by atoms with Crippen molar-refractivity contribution in [1.82, 2.24) is 14.5 Å². The van der Waals surface area contributed by atoms with Crippen LogP contribution in [0.4, 0.5) is 5.82 Å². The minimum absolute atomic E-state index is 0.118. The third kappa shape index (κ3) is 4.34. The van der Waals surface area contributed by atoms with Gasteiger partial charge in [-0.1, -0.05) is 18.2 Å². The molecule has 3 aromatic rings. The molecule has 0 aliphatic carbocycles. The van der Waals surface area contributed by atoms with E-state index in [0.717, 1.165) is 16.9 Å². The fraction of sp³-hybridized carbons (Fsp3) is 0.400. The molecule has 0 saturated carbocycles. The zero-order chi connectivity index (χ0) is 20.1. The Morgan fingerprint density at radius 1 is 1.18 bits per heavy atom. The molecule has 0 amide bonds. The van der Waals surface area contributed by atoms with E-state index in [1.165, 1.54) is 0 Å². The monoisotopic (exact) mass is 402 g/mol. The van der Waals surface area contributed by atoms with E-state index in [0.29, 0.717) is 48.8 Å². The molecule has 0 spiro atoms. The summed E-state index contributed by atoms with van der Waals surface area (Å²) in [7, 11) is -3.26. The molecule has 28 heavy (non-hydrogen) atoms. The molecule has 0 fully saturated rings. The lowest BCUT2D eigenvalue weighted by Crippen LogP contribution is -2.10. The van der Waals surface area contributed by atoms with Crippen molar-refractivity contribution in [3.63, 3.8) is 0 Å². The number of nitrogen functional groups attached to an aromatic ring is 1. The highest BCUT2D eigenvalue weighted by atomic mass is 32.2. The van der Waals surface area contributed by atoms with Crippen molar-refractivity contribution in [1.29, 1.82) is 0 Å². The van der Waals surface area contributed by atoms with Crippen molar-refractivity contribution in [3.8, 4) is 0 Å². The van der Waals surface area contributed by atoms with E-state index in [2.05, 4.69) is 14.5 Å². The summed E-state index contributed by atoms with van der Waals surface area (Å²) in [5.74, 6) is 1.29. The number of pyridine rings is 1. The molecule has 7 nitrogen and oxygen atoms in total. The quantitative estimate of drug-likeness (QED) is 0.552. The smallest absolute Gasteiger partial charge is 0.178 e. The van der Waals surface area contributed by atoms with Crippen LogP contribution >= 0.6 is 0 Å². The number of aryl methyl sites for hydroxylation is 2. The van der Waals surface area contributed by atoms with Crippen LogP contribution in [0, 0.1) is 6.92 Å². The number of rotatable bonds is 9. The highest BCUT2D eigenvalue weighted by molar-refractivity contribution is 7.91. The standard InChI is InChI=1S/C20H26N4O3S/c1-3-27-14-17-23-18-19(15(2)13-22-20(18)21)24(17)11-7-8-12-28(25,26)16-9-5-4-6-10-16/h4-6,9-10,13H,3,7-8,11-12,14H2,1-2H3,(H2,21,22). The number of sulfone groups is 1. The van der Waals surface area contributed by atoms with Crippen LogP contribution in [0.25, 0.3) is 11.0 Å². The number of nitrogens with zero attached hydrogens (tertiary/aromatic N) is 3. The summed E-state index contributed by atoms with van der Waals surface area (Å²) in [4.78, 5) is 9.17. The van der Waals surface area contributed by atoms with Gasteiger partial charge in [-0.2, -0.15) is 0 Å². The maximum Gasteiger partial charge on any atom is 0.178 e. The highest BCUT2D eigenvalue weighted by Gasteiger charge is 2.17. The van der Waals surface area contributed by atoms with Crippen molar-refractivity contribution in [2.24, 2.45) is 0 Å². The molecule has 0 unspecified atom stereocenters. The van der Waals surface area contributed by atoms with Crippen LogP contribution in [0.3, 0.4) is 0 Å².